The van der Waals surface area contributed by atoms with E-state index in [2.05, 4.69) is 11.9 Å². The molecule has 2 amide bonds. The summed E-state index contributed by atoms with van der Waals surface area (Å²) in [5, 5.41) is 3.13. The predicted octanol–water partition coefficient (Wildman–Crippen LogP) is 4.25. The van der Waals surface area contributed by atoms with Crippen LogP contribution in [0.2, 0.25) is 0 Å². The van der Waals surface area contributed by atoms with Crippen molar-refractivity contribution in [2.75, 3.05) is 18.5 Å². The first-order valence-electron chi connectivity index (χ1n) is 9.93. The van der Waals surface area contributed by atoms with Gasteiger partial charge in [-0.15, -0.1) is 6.58 Å². The Kier molecular flexibility index (Phi) is 6.57. The number of carbonyl (C=O) groups is 2. The number of amides is 2. The SMILES string of the molecule is C=CCN1C(=O)C(Nc2cccc(OCC)c2)=C(c2ccc(OC(C)C)cc2)C1=O. The fraction of sp³-hybridized carbons (Fsp3) is 0.250. The molecule has 2 aromatic carbocycles. The third-order valence-corrected chi connectivity index (χ3v) is 4.41. The fourth-order valence-electron chi connectivity index (χ4n) is 3.20. The molecule has 0 saturated heterocycles. The summed E-state index contributed by atoms with van der Waals surface area (Å²) in [6, 6.07) is 14.4. The molecule has 3 rings (SSSR count). The van der Waals surface area contributed by atoms with Crippen molar-refractivity contribution in [1.29, 1.82) is 0 Å². The second-order valence-corrected chi connectivity index (χ2v) is 7.04. The van der Waals surface area contributed by atoms with E-state index >= 15 is 0 Å². The number of nitrogens with one attached hydrogen (secondary N) is 1. The van der Waals surface area contributed by atoms with Crippen LogP contribution in [-0.2, 0) is 9.59 Å². The molecule has 30 heavy (non-hydrogen) atoms. The van der Waals surface area contributed by atoms with Crippen molar-refractivity contribution < 1.29 is 19.1 Å². The Morgan fingerprint density at radius 3 is 2.43 bits per heavy atom. The van der Waals surface area contributed by atoms with Crippen LogP contribution in [0.3, 0.4) is 0 Å². The van der Waals surface area contributed by atoms with E-state index in [1.165, 1.54) is 11.0 Å². The van der Waals surface area contributed by atoms with E-state index in [1.54, 1.807) is 30.3 Å². The van der Waals surface area contributed by atoms with Crippen LogP contribution in [-0.4, -0.2) is 36.0 Å². The normalized spacial score (nSPS) is 13.8. The highest BCUT2D eigenvalue weighted by atomic mass is 16.5. The Labute approximate surface area is 176 Å². The first-order chi connectivity index (χ1) is 14.4. The van der Waals surface area contributed by atoms with Gasteiger partial charge in [-0.2, -0.15) is 0 Å². The average molecular weight is 406 g/mol. The molecule has 0 bridgehead atoms. The summed E-state index contributed by atoms with van der Waals surface area (Å²) in [5.41, 5.74) is 1.85. The lowest BCUT2D eigenvalue weighted by molar-refractivity contribution is -0.136. The Morgan fingerprint density at radius 2 is 1.80 bits per heavy atom. The van der Waals surface area contributed by atoms with Gasteiger partial charge in [0.2, 0.25) is 0 Å². The Morgan fingerprint density at radius 1 is 1.07 bits per heavy atom. The maximum atomic E-state index is 13.0. The second kappa shape index (κ2) is 9.31. The molecule has 0 radical (unpaired) electrons. The van der Waals surface area contributed by atoms with Crippen molar-refractivity contribution in [3.05, 3.63) is 72.4 Å². The van der Waals surface area contributed by atoms with Gasteiger partial charge >= 0.3 is 0 Å². The van der Waals surface area contributed by atoms with Crippen molar-refractivity contribution in [2.45, 2.75) is 26.9 Å². The summed E-state index contributed by atoms with van der Waals surface area (Å²) >= 11 is 0. The van der Waals surface area contributed by atoms with E-state index in [9.17, 15) is 9.59 Å². The molecule has 1 heterocycles. The van der Waals surface area contributed by atoms with E-state index in [1.807, 2.05) is 39.0 Å². The molecule has 0 unspecified atom stereocenters. The minimum absolute atomic E-state index is 0.0442. The lowest BCUT2D eigenvalue weighted by atomic mass is 10.0. The van der Waals surface area contributed by atoms with Gasteiger partial charge < -0.3 is 14.8 Å². The maximum Gasteiger partial charge on any atom is 0.278 e. The van der Waals surface area contributed by atoms with Gasteiger partial charge in [0, 0.05) is 18.3 Å². The van der Waals surface area contributed by atoms with Gasteiger partial charge in [0.15, 0.2) is 0 Å². The highest BCUT2D eigenvalue weighted by Crippen LogP contribution is 2.32. The summed E-state index contributed by atoms with van der Waals surface area (Å²) in [4.78, 5) is 27.2. The Balaban J connectivity index is 2.00. The zero-order valence-corrected chi connectivity index (χ0v) is 17.5. The third kappa shape index (κ3) is 4.54. The zero-order valence-electron chi connectivity index (χ0n) is 17.5. The standard InChI is InChI=1S/C24H26N2O4/c1-5-14-26-23(27)21(17-10-12-19(13-11-17)30-16(3)4)22(24(26)28)25-18-8-7-9-20(15-18)29-6-2/h5,7-13,15-16,25H,1,6,14H2,2-4H3. The molecular weight excluding hydrogens is 380 g/mol. The summed E-state index contributed by atoms with van der Waals surface area (Å²) in [5.74, 6) is 0.632. The Bertz CT molecular complexity index is 977. The average Bonchev–Trinajstić information content (AvgIpc) is 2.93. The molecule has 0 atom stereocenters. The molecule has 2 aromatic rings. The smallest absolute Gasteiger partial charge is 0.278 e. The van der Waals surface area contributed by atoms with E-state index < -0.39 is 0 Å². The fourth-order valence-corrected chi connectivity index (χ4v) is 3.20. The van der Waals surface area contributed by atoms with Crippen LogP contribution in [0.25, 0.3) is 5.57 Å². The molecule has 0 aliphatic carbocycles. The second-order valence-electron chi connectivity index (χ2n) is 7.04. The van der Waals surface area contributed by atoms with Crippen LogP contribution in [0.5, 0.6) is 11.5 Å². The number of nitrogens with zero attached hydrogens (tertiary/aromatic N) is 1. The molecule has 1 aliphatic heterocycles. The molecule has 0 aromatic heterocycles. The molecule has 6 heteroatoms. The predicted molar refractivity (Wildman–Crippen MR) is 117 cm³/mol. The van der Waals surface area contributed by atoms with Crippen molar-refractivity contribution in [3.63, 3.8) is 0 Å². The highest BCUT2D eigenvalue weighted by molar-refractivity contribution is 6.36. The summed E-state index contributed by atoms with van der Waals surface area (Å²) < 4.78 is 11.2. The van der Waals surface area contributed by atoms with Gasteiger partial charge in [-0.25, -0.2) is 0 Å². The van der Waals surface area contributed by atoms with Gasteiger partial charge in [-0.3, -0.25) is 14.5 Å². The van der Waals surface area contributed by atoms with Gasteiger partial charge in [0.1, 0.15) is 17.2 Å². The summed E-state index contributed by atoms with van der Waals surface area (Å²) in [6.45, 7) is 10.1. The molecule has 0 fully saturated rings. The molecule has 6 nitrogen and oxygen atoms in total. The minimum atomic E-state index is -0.390. The van der Waals surface area contributed by atoms with Crippen molar-refractivity contribution in [1.82, 2.24) is 4.90 Å². The van der Waals surface area contributed by atoms with E-state index in [0.717, 1.165) is 0 Å². The number of imide groups is 1. The Hall–Kier alpha value is -3.54. The maximum absolute atomic E-state index is 13.0. The number of anilines is 1. The highest BCUT2D eigenvalue weighted by Gasteiger charge is 2.38. The van der Waals surface area contributed by atoms with Gasteiger partial charge in [-0.1, -0.05) is 24.3 Å². The molecule has 0 spiro atoms. The third-order valence-electron chi connectivity index (χ3n) is 4.41. The summed E-state index contributed by atoms with van der Waals surface area (Å²) in [7, 11) is 0. The monoisotopic (exact) mass is 406 g/mol. The lowest BCUT2D eigenvalue weighted by Crippen LogP contribution is -2.32. The minimum Gasteiger partial charge on any atom is -0.494 e. The number of ether oxygens (including phenoxy) is 2. The quantitative estimate of drug-likeness (QED) is 0.498. The topological polar surface area (TPSA) is 67.9 Å². The largest absolute Gasteiger partial charge is 0.494 e. The van der Waals surface area contributed by atoms with Crippen LogP contribution < -0.4 is 14.8 Å². The zero-order chi connectivity index (χ0) is 21.7. The number of rotatable bonds is 9. The van der Waals surface area contributed by atoms with Crippen LogP contribution in [0.15, 0.2) is 66.9 Å². The molecular formula is C24H26N2O4. The lowest BCUT2D eigenvalue weighted by Gasteiger charge is -2.13. The van der Waals surface area contributed by atoms with Gasteiger partial charge in [0.05, 0.1) is 18.3 Å². The first kappa shape index (κ1) is 21.2. The molecule has 0 saturated carbocycles. The van der Waals surface area contributed by atoms with Crippen LogP contribution in [0.1, 0.15) is 26.3 Å². The number of benzene rings is 2. The first-order valence-corrected chi connectivity index (χ1v) is 9.93. The molecule has 1 aliphatic rings. The van der Waals surface area contributed by atoms with Crippen molar-refractivity contribution in [3.8, 4) is 11.5 Å². The van der Waals surface area contributed by atoms with Crippen LogP contribution in [0.4, 0.5) is 5.69 Å². The van der Waals surface area contributed by atoms with Gasteiger partial charge in [-0.05, 0) is 50.6 Å². The van der Waals surface area contributed by atoms with Crippen LogP contribution in [0, 0.1) is 0 Å². The van der Waals surface area contributed by atoms with E-state index in [4.69, 9.17) is 9.47 Å². The van der Waals surface area contributed by atoms with E-state index in [-0.39, 0.29) is 30.2 Å². The van der Waals surface area contributed by atoms with E-state index in [0.29, 0.717) is 34.9 Å². The van der Waals surface area contributed by atoms with Crippen molar-refractivity contribution in [2.24, 2.45) is 0 Å². The number of hydrogen-bond donors (Lipinski definition) is 1. The van der Waals surface area contributed by atoms with Gasteiger partial charge in [0.25, 0.3) is 11.8 Å². The number of hydrogen-bond acceptors (Lipinski definition) is 5. The van der Waals surface area contributed by atoms with Crippen LogP contribution >= 0.6 is 0 Å². The van der Waals surface area contributed by atoms with Crippen molar-refractivity contribution >= 4 is 23.1 Å². The molecule has 156 valence electrons. The number of carbonyl (C=O) groups excluding carboxylic acids is 2. The molecule has 1 N–H and O–H groups in total. The summed E-state index contributed by atoms with van der Waals surface area (Å²) in [6.07, 6.45) is 1.58.